The van der Waals surface area contributed by atoms with Crippen LogP contribution in [-0.2, 0) is 11.2 Å². The van der Waals surface area contributed by atoms with E-state index in [1.165, 1.54) is 0 Å². The van der Waals surface area contributed by atoms with E-state index in [9.17, 15) is 4.79 Å². The van der Waals surface area contributed by atoms with Crippen molar-refractivity contribution >= 4 is 27.5 Å². The molecule has 0 aliphatic carbocycles. The number of rotatable bonds is 4. The van der Waals surface area contributed by atoms with Gasteiger partial charge in [0.05, 0.1) is 12.5 Å². The second-order valence-corrected chi connectivity index (χ2v) is 5.68. The minimum absolute atomic E-state index is 0.0110. The predicted molar refractivity (Wildman–Crippen MR) is 85.3 cm³/mol. The summed E-state index contributed by atoms with van der Waals surface area (Å²) in [5.41, 5.74) is 8.37. The molecule has 0 spiro atoms. The van der Waals surface area contributed by atoms with Gasteiger partial charge in [-0.05, 0) is 42.3 Å². The number of carbonyl (C=O) groups excluding carboxylic acids is 1. The molecule has 0 radical (unpaired) electrons. The van der Waals surface area contributed by atoms with Gasteiger partial charge in [0.2, 0.25) is 5.91 Å². The summed E-state index contributed by atoms with van der Waals surface area (Å²) in [6.45, 7) is 1.97. The summed E-state index contributed by atoms with van der Waals surface area (Å²) in [7, 11) is 0. The Kier molecular flexibility index (Phi) is 4.79. The summed E-state index contributed by atoms with van der Waals surface area (Å²) in [5.74, 6) is -0.0110. The summed E-state index contributed by atoms with van der Waals surface area (Å²) in [5, 5.41) is 2.99. The first kappa shape index (κ1) is 14.6. The number of amides is 1. The lowest BCUT2D eigenvalue weighted by atomic mass is 10.1. The van der Waals surface area contributed by atoms with Crippen LogP contribution in [0.4, 0.5) is 5.69 Å². The number of nitrogens with two attached hydrogens (primary N) is 1. The van der Waals surface area contributed by atoms with Gasteiger partial charge in [0.25, 0.3) is 0 Å². The average molecular weight is 333 g/mol. The standard InChI is InChI=1S/C16H17BrN2O/c1-11(13-5-3-6-14(17)10-13)19-16(20)9-12-4-2-7-15(18)8-12/h2-8,10-11H,9,18H2,1H3,(H,19,20)/t11-/m1/s1. The number of nitrogens with one attached hydrogen (secondary N) is 1. The molecule has 3 N–H and O–H groups in total. The molecule has 1 amide bonds. The van der Waals surface area contributed by atoms with E-state index in [1.54, 1.807) is 0 Å². The largest absolute Gasteiger partial charge is 0.399 e. The highest BCUT2D eigenvalue weighted by molar-refractivity contribution is 9.10. The van der Waals surface area contributed by atoms with Crippen LogP contribution in [0, 0.1) is 0 Å². The molecule has 0 bridgehead atoms. The van der Waals surface area contributed by atoms with E-state index < -0.39 is 0 Å². The zero-order chi connectivity index (χ0) is 14.5. The van der Waals surface area contributed by atoms with Crippen LogP contribution in [0.1, 0.15) is 24.1 Å². The van der Waals surface area contributed by atoms with E-state index in [-0.39, 0.29) is 11.9 Å². The van der Waals surface area contributed by atoms with Crippen molar-refractivity contribution in [3.63, 3.8) is 0 Å². The minimum atomic E-state index is -0.0268. The summed E-state index contributed by atoms with van der Waals surface area (Å²) in [4.78, 5) is 12.0. The molecule has 0 saturated heterocycles. The summed E-state index contributed by atoms with van der Waals surface area (Å²) in [6, 6.07) is 15.3. The Morgan fingerprint density at radius 2 is 2.00 bits per heavy atom. The van der Waals surface area contributed by atoms with Crippen molar-refractivity contribution in [1.29, 1.82) is 0 Å². The quantitative estimate of drug-likeness (QED) is 0.842. The van der Waals surface area contributed by atoms with Gasteiger partial charge in [-0.1, -0.05) is 40.2 Å². The van der Waals surface area contributed by atoms with E-state index in [2.05, 4.69) is 21.2 Å². The molecule has 2 rings (SSSR count). The van der Waals surface area contributed by atoms with Crippen LogP contribution in [0.2, 0.25) is 0 Å². The van der Waals surface area contributed by atoms with Crippen LogP contribution >= 0.6 is 15.9 Å². The maximum atomic E-state index is 12.0. The van der Waals surface area contributed by atoms with Gasteiger partial charge in [-0.2, -0.15) is 0 Å². The molecule has 0 unspecified atom stereocenters. The van der Waals surface area contributed by atoms with Crippen molar-refractivity contribution in [3.05, 3.63) is 64.1 Å². The van der Waals surface area contributed by atoms with Gasteiger partial charge in [-0.15, -0.1) is 0 Å². The molecular weight excluding hydrogens is 316 g/mol. The normalized spacial score (nSPS) is 11.9. The Morgan fingerprint density at radius 3 is 2.70 bits per heavy atom. The zero-order valence-electron chi connectivity index (χ0n) is 11.3. The van der Waals surface area contributed by atoms with Crippen molar-refractivity contribution in [2.24, 2.45) is 0 Å². The molecule has 104 valence electrons. The smallest absolute Gasteiger partial charge is 0.224 e. The maximum Gasteiger partial charge on any atom is 0.224 e. The van der Waals surface area contributed by atoms with Crippen LogP contribution < -0.4 is 11.1 Å². The van der Waals surface area contributed by atoms with Crippen LogP contribution in [0.25, 0.3) is 0 Å². The minimum Gasteiger partial charge on any atom is -0.399 e. The first-order chi connectivity index (χ1) is 9.54. The van der Waals surface area contributed by atoms with Crippen molar-refractivity contribution in [2.75, 3.05) is 5.73 Å². The van der Waals surface area contributed by atoms with Crippen LogP contribution in [0.3, 0.4) is 0 Å². The molecule has 4 heteroatoms. The van der Waals surface area contributed by atoms with Crippen molar-refractivity contribution in [3.8, 4) is 0 Å². The van der Waals surface area contributed by atoms with E-state index >= 15 is 0 Å². The SMILES string of the molecule is C[C@@H](NC(=O)Cc1cccc(N)c1)c1cccc(Br)c1. The summed E-state index contributed by atoms with van der Waals surface area (Å²) in [6.07, 6.45) is 0.337. The second-order valence-electron chi connectivity index (χ2n) is 4.77. The predicted octanol–water partition coefficient (Wildman–Crippen LogP) is 3.45. The fraction of sp³-hybridized carbons (Fsp3) is 0.188. The van der Waals surface area contributed by atoms with Crippen LogP contribution in [0.15, 0.2) is 53.0 Å². The summed E-state index contributed by atoms with van der Waals surface area (Å²) < 4.78 is 1.01. The van der Waals surface area contributed by atoms with E-state index in [0.717, 1.165) is 15.6 Å². The third-order valence-corrected chi connectivity index (χ3v) is 3.54. The molecule has 2 aromatic rings. The molecule has 0 aliphatic rings. The van der Waals surface area contributed by atoms with Gasteiger partial charge in [-0.25, -0.2) is 0 Å². The topological polar surface area (TPSA) is 55.1 Å². The van der Waals surface area contributed by atoms with E-state index in [1.807, 2.05) is 55.5 Å². The van der Waals surface area contributed by atoms with Crippen LogP contribution in [-0.4, -0.2) is 5.91 Å². The number of nitrogen functional groups attached to an aromatic ring is 1. The Balaban J connectivity index is 1.97. The first-order valence-corrected chi connectivity index (χ1v) is 7.23. The number of carbonyl (C=O) groups is 1. The van der Waals surface area contributed by atoms with E-state index in [4.69, 9.17) is 5.73 Å². The lowest BCUT2D eigenvalue weighted by Crippen LogP contribution is -2.28. The molecule has 0 aliphatic heterocycles. The molecule has 0 aromatic heterocycles. The number of benzene rings is 2. The Labute approximate surface area is 127 Å². The Bertz CT molecular complexity index is 613. The van der Waals surface area contributed by atoms with Gasteiger partial charge < -0.3 is 11.1 Å². The molecule has 0 saturated carbocycles. The molecule has 0 fully saturated rings. The third kappa shape index (κ3) is 4.10. The van der Waals surface area contributed by atoms with Gasteiger partial charge in [0, 0.05) is 10.2 Å². The van der Waals surface area contributed by atoms with Gasteiger partial charge >= 0.3 is 0 Å². The Morgan fingerprint density at radius 1 is 1.25 bits per heavy atom. The van der Waals surface area contributed by atoms with Gasteiger partial charge in [0.15, 0.2) is 0 Å². The number of hydrogen-bond donors (Lipinski definition) is 2. The lowest BCUT2D eigenvalue weighted by molar-refractivity contribution is -0.121. The Hall–Kier alpha value is -1.81. The molecule has 3 nitrogen and oxygen atoms in total. The lowest BCUT2D eigenvalue weighted by Gasteiger charge is -2.14. The van der Waals surface area contributed by atoms with Crippen LogP contribution in [0.5, 0.6) is 0 Å². The van der Waals surface area contributed by atoms with Crippen molar-refractivity contribution in [1.82, 2.24) is 5.32 Å². The monoisotopic (exact) mass is 332 g/mol. The highest BCUT2D eigenvalue weighted by atomic mass is 79.9. The molecule has 20 heavy (non-hydrogen) atoms. The highest BCUT2D eigenvalue weighted by Gasteiger charge is 2.10. The molecular formula is C16H17BrN2O. The second kappa shape index (κ2) is 6.57. The highest BCUT2D eigenvalue weighted by Crippen LogP contribution is 2.18. The maximum absolute atomic E-state index is 12.0. The first-order valence-electron chi connectivity index (χ1n) is 6.44. The van der Waals surface area contributed by atoms with Crippen molar-refractivity contribution < 1.29 is 4.79 Å². The number of anilines is 1. The fourth-order valence-electron chi connectivity index (χ4n) is 2.04. The van der Waals surface area contributed by atoms with Gasteiger partial charge in [0.1, 0.15) is 0 Å². The molecule has 1 atom stereocenters. The summed E-state index contributed by atoms with van der Waals surface area (Å²) >= 11 is 3.43. The number of halogens is 1. The molecule has 0 heterocycles. The third-order valence-electron chi connectivity index (χ3n) is 3.04. The fourth-order valence-corrected chi connectivity index (χ4v) is 2.46. The van der Waals surface area contributed by atoms with Crippen molar-refractivity contribution in [2.45, 2.75) is 19.4 Å². The number of hydrogen-bond acceptors (Lipinski definition) is 2. The van der Waals surface area contributed by atoms with Gasteiger partial charge in [-0.3, -0.25) is 4.79 Å². The average Bonchev–Trinajstić information content (AvgIpc) is 2.38. The molecule has 2 aromatic carbocycles. The van der Waals surface area contributed by atoms with E-state index in [0.29, 0.717) is 12.1 Å². The zero-order valence-corrected chi connectivity index (χ0v) is 12.9.